The third-order valence-corrected chi connectivity index (χ3v) is 9.89. The lowest BCUT2D eigenvalue weighted by Crippen LogP contribution is -2.68. The van der Waals surface area contributed by atoms with E-state index < -0.39 is 20.0 Å². The molecular formula is C24H35NO3Si. The molecule has 0 spiro atoms. The number of benzene rings is 2. The van der Waals surface area contributed by atoms with Gasteiger partial charge in [-0.3, -0.25) is 0 Å². The number of hydrogen-bond donors (Lipinski definition) is 1. The van der Waals surface area contributed by atoms with Crippen molar-refractivity contribution in [1.29, 1.82) is 0 Å². The molecule has 29 heavy (non-hydrogen) atoms. The Morgan fingerprint density at radius 2 is 1.34 bits per heavy atom. The smallest absolute Gasteiger partial charge is 0.407 e. The van der Waals surface area contributed by atoms with Crippen molar-refractivity contribution in [2.24, 2.45) is 0 Å². The second-order valence-electron chi connectivity index (χ2n) is 9.47. The molecular weight excluding hydrogens is 378 g/mol. The molecule has 0 bridgehead atoms. The fourth-order valence-corrected chi connectivity index (χ4v) is 8.28. The zero-order valence-corrected chi connectivity index (χ0v) is 19.8. The highest BCUT2D eigenvalue weighted by Crippen LogP contribution is 2.37. The fourth-order valence-electron chi connectivity index (χ4n) is 3.58. The van der Waals surface area contributed by atoms with E-state index in [-0.39, 0.29) is 11.1 Å². The van der Waals surface area contributed by atoms with Crippen molar-refractivity contribution in [2.75, 3.05) is 6.54 Å². The largest absolute Gasteiger partial charge is 0.444 e. The van der Waals surface area contributed by atoms with Gasteiger partial charge in [-0.15, -0.1) is 0 Å². The van der Waals surface area contributed by atoms with Gasteiger partial charge in [0.15, 0.2) is 0 Å². The average Bonchev–Trinajstić information content (AvgIpc) is 2.63. The highest BCUT2D eigenvalue weighted by molar-refractivity contribution is 6.99. The lowest BCUT2D eigenvalue weighted by atomic mass is 10.2. The van der Waals surface area contributed by atoms with Crippen LogP contribution in [0.2, 0.25) is 5.04 Å². The van der Waals surface area contributed by atoms with Crippen LogP contribution < -0.4 is 15.7 Å². The summed E-state index contributed by atoms with van der Waals surface area (Å²) in [5.74, 6) is 0. The van der Waals surface area contributed by atoms with E-state index in [0.29, 0.717) is 6.54 Å². The van der Waals surface area contributed by atoms with Gasteiger partial charge in [0.25, 0.3) is 8.32 Å². The van der Waals surface area contributed by atoms with Crippen LogP contribution in [0, 0.1) is 0 Å². The number of rotatable bonds is 6. The summed E-state index contributed by atoms with van der Waals surface area (Å²) in [6.07, 6.45) is -0.593. The van der Waals surface area contributed by atoms with Gasteiger partial charge >= 0.3 is 6.09 Å². The molecule has 0 radical (unpaired) electrons. The molecule has 0 saturated heterocycles. The van der Waals surface area contributed by atoms with Crippen LogP contribution in [-0.2, 0) is 9.16 Å². The summed E-state index contributed by atoms with van der Waals surface area (Å²) in [6, 6.07) is 21.0. The molecule has 0 heterocycles. The van der Waals surface area contributed by atoms with Crippen molar-refractivity contribution in [2.45, 2.75) is 65.2 Å². The Morgan fingerprint density at radius 1 is 0.897 bits per heavy atom. The van der Waals surface area contributed by atoms with Gasteiger partial charge in [0.2, 0.25) is 0 Å². The first-order valence-electron chi connectivity index (χ1n) is 10.2. The first-order chi connectivity index (χ1) is 13.5. The number of hydrogen-bond acceptors (Lipinski definition) is 3. The van der Waals surface area contributed by atoms with E-state index in [4.69, 9.17) is 9.16 Å². The van der Waals surface area contributed by atoms with Gasteiger partial charge in [-0.1, -0.05) is 81.4 Å². The molecule has 1 amide bonds. The maximum absolute atomic E-state index is 12.1. The summed E-state index contributed by atoms with van der Waals surface area (Å²) in [6.45, 7) is 14.7. The Morgan fingerprint density at radius 3 is 1.72 bits per heavy atom. The molecule has 5 heteroatoms. The maximum atomic E-state index is 12.1. The quantitative estimate of drug-likeness (QED) is 0.711. The Balaban J connectivity index is 2.35. The summed E-state index contributed by atoms with van der Waals surface area (Å²) in [7, 11) is -2.62. The number of nitrogens with one attached hydrogen (secondary N) is 1. The predicted molar refractivity (Wildman–Crippen MR) is 122 cm³/mol. The number of ether oxygens (including phenoxy) is 1. The molecule has 2 aromatic rings. The number of carbonyl (C=O) groups excluding carboxylic acids is 1. The lowest BCUT2D eigenvalue weighted by molar-refractivity contribution is 0.0502. The third-order valence-electron chi connectivity index (χ3n) is 4.73. The number of alkyl carbamates (subject to hydrolysis) is 1. The van der Waals surface area contributed by atoms with E-state index in [2.05, 4.69) is 74.6 Å². The van der Waals surface area contributed by atoms with Crippen LogP contribution in [0.5, 0.6) is 0 Å². The zero-order chi connectivity index (χ0) is 21.7. The van der Waals surface area contributed by atoms with Gasteiger partial charge in [0.1, 0.15) is 5.60 Å². The van der Waals surface area contributed by atoms with E-state index in [1.54, 1.807) is 0 Å². The molecule has 0 fully saturated rings. The molecule has 0 unspecified atom stereocenters. The van der Waals surface area contributed by atoms with Crippen molar-refractivity contribution in [1.82, 2.24) is 5.32 Å². The number of carbonyl (C=O) groups is 1. The average molecular weight is 414 g/mol. The van der Waals surface area contributed by atoms with Gasteiger partial charge in [-0.2, -0.15) is 0 Å². The molecule has 0 aliphatic heterocycles. The molecule has 1 atom stereocenters. The summed E-state index contributed by atoms with van der Waals surface area (Å²) in [5, 5.41) is 5.20. The molecule has 158 valence electrons. The monoisotopic (exact) mass is 413 g/mol. The molecule has 0 aliphatic carbocycles. The molecule has 1 N–H and O–H groups in total. The molecule has 4 nitrogen and oxygen atoms in total. The van der Waals surface area contributed by atoms with Crippen LogP contribution in [0.25, 0.3) is 0 Å². The second-order valence-corrected chi connectivity index (χ2v) is 13.7. The predicted octanol–water partition coefficient (Wildman–Crippen LogP) is 4.48. The van der Waals surface area contributed by atoms with Gasteiger partial charge in [0, 0.05) is 6.54 Å². The van der Waals surface area contributed by atoms with Crippen LogP contribution in [0.1, 0.15) is 48.5 Å². The van der Waals surface area contributed by atoms with Crippen molar-refractivity contribution < 1.29 is 14.0 Å². The first-order valence-corrected chi connectivity index (χ1v) is 12.1. The normalized spacial score (nSPS) is 13.6. The first kappa shape index (κ1) is 23.2. The van der Waals surface area contributed by atoms with E-state index in [1.165, 1.54) is 10.4 Å². The Labute approximate surface area is 176 Å². The fraction of sp³-hybridized carbons (Fsp3) is 0.458. The van der Waals surface area contributed by atoms with Crippen LogP contribution in [0.4, 0.5) is 4.79 Å². The number of amides is 1. The van der Waals surface area contributed by atoms with E-state index in [1.807, 2.05) is 39.8 Å². The minimum atomic E-state index is -2.62. The highest BCUT2D eigenvalue weighted by atomic mass is 28.4. The van der Waals surface area contributed by atoms with Crippen molar-refractivity contribution in [3.63, 3.8) is 0 Å². The Kier molecular flexibility index (Phi) is 7.30. The van der Waals surface area contributed by atoms with Gasteiger partial charge in [0.05, 0.1) is 6.10 Å². The van der Waals surface area contributed by atoms with Gasteiger partial charge in [-0.05, 0) is 43.1 Å². The molecule has 0 saturated carbocycles. The van der Waals surface area contributed by atoms with E-state index >= 15 is 0 Å². The zero-order valence-electron chi connectivity index (χ0n) is 18.8. The Bertz CT molecular complexity index is 740. The molecule has 0 aromatic heterocycles. The lowest BCUT2D eigenvalue weighted by Gasteiger charge is -2.44. The standard InChI is InChI=1S/C24H35NO3Si/c1-19(18-25-22(26)27-23(2,3)4)28-29(24(5,6)7,20-14-10-8-11-15-20)21-16-12-9-13-17-21/h8-17,19H,18H2,1-7H3,(H,25,26)/t19-/m1/s1. The van der Waals surface area contributed by atoms with Gasteiger partial charge < -0.3 is 14.5 Å². The van der Waals surface area contributed by atoms with E-state index in [9.17, 15) is 4.79 Å². The highest BCUT2D eigenvalue weighted by Gasteiger charge is 2.51. The summed E-state index contributed by atoms with van der Waals surface area (Å²) >= 11 is 0. The van der Waals surface area contributed by atoms with Crippen LogP contribution in [0.15, 0.2) is 60.7 Å². The molecule has 0 aliphatic rings. The van der Waals surface area contributed by atoms with Crippen LogP contribution in [0.3, 0.4) is 0 Å². The topological polar surface area (TPSA) is 47.6 Å². The van der Waals surface area contributed by atoms with Crippen molar-refractivity contribution in [3.05, 3.63) is 60.7 Å². The van der Waals surface area contributed by atoms with Crippen molar-refractivity contribution in [3.8, 4) is 0 Å². The molecule has 2 aromatic carbocycles. The SMILES string of the molecule is C[C@H](CNC(=O)OC(C)(C)C)O[Si](c1ccccc1)(c1ccccc1)C(C)(C)C. The summed E-state index contributed by atoms with van der Waals surface area (Å²) < 4.78 is 12.3. The van der Waals surface area contributed by atoms with Gasteiger partial charge in [-0.25, -0.2) is 4.79 Å². The second kappa shape index (κ2) is 9.14. The third kappa shape index (κ3) is 5.94. The molecule has 2 rings (SSSR count). The van der Waals surface area contributed by atoms with Crippen LogP contribution in [-0.4, -0.2) is 32.7 Å². The minimum absolute atomic E-state index is 0.101. The summed E-state index contributed by atoms with van der Waals surface area (Å²) in [4.78, 5) is 12.1. The van der Waals surface area contributed by atoms with Crippen LogP contribution >= 0.6 is 0 Å². The van der Waals surface area contributed by atoms with E-state index in [0.717, 1.165) is 0 Å². The minimum Gasteiger partial charge on any atom is -0.444 e. The summed E-state index contributed by atoms with van der Waals surface area (Å²) in [5.41, 5.74) is -0.522. The Hall–Kier alpha value is -2.11. The maximum Gasteiger partial charge on any atom is 0.407 e. The van der Waals surface area contributed by atoms with Crippen molar-refractivity contribution >= 4 is 24.8 Å².